The van der Waals surface area contributed by atoms with Crippen LogP contribution in [0.25, 0.3) is 21.8 Å². The second kappa shape index (κ2) is 10.3. The van der Waals surface area contributed by atoms with Gasteiger partial charge in [0.2, 0.25) is 10.0 Å². The lowest BCUT2D eigenvalue weighted by molar-refractivity contribution is -0.137. The second-order valence-corrected chi connectivity index (χ2v) is 10.7. The van der Waals surface area contributed by atoms with Crippen molar-refractivity contribution < 1.29 is 27.5 Å². The Hall–Kier alpha value is -3.80. The number of carbonyl (C=O) groups is 2. The summed E-state index contributed by atoms with van der Waals surface area (Å²) >= 11 is 1.35. The van der Waals surface area contributed by atoms with E-state index in [-0.39, 0.29) is 4.90 Å². The smallest absolute Gasteiger partial charge is 0.336 e. The summed E-state index contributed by atoms with van der Waals surface area (Å²) < 4.78 is 33.8. The molecule has 1 aliphatic heterocycles. The van der Waals surface area contributed by atoms with Crippen LogP contribution in [0.15, 0.2) is 81.3 Å². The summed E-state index contributed by atoms with van der Waals surface area (Å²) in [6.07, 6.45) is 0. The van der Waals surface area contributed by atoms with Gasteiger partial charge >= 0.3 is 11.9 Å². The molecule has 0 bridgehead atoms. The van der Waals surface area contributed by atoms with Crippen LogP contribution in [0.1, 0.15) is 25.3 Å². The maximum Gasteiger partial charge on any atom is 0.336 e. The standard InChI is InChI=1S/C26H25N3O6S2/c1-14-21(25(30)34-3)23(22(15(2)28-14)26(31)35-4)18-10-5-6-11-19(18)24-29-20(13-36-24)16-8-7-9-17(12-16)37(27,32)33/h5-13,23,28H,1-4H3,(H2,27,32,33). The highest BCUT2D eigenvalue weighted by Gasteiger charge is 2.39. The molecule has 192 valence electrons. The molecule has 0 aliphatic carbocycles. The van der Waals surface area contributed by atoms with Crippen LogP contribution in [-0.4, -0.2) is 39.6 Å². The minimum atomic E-state index is -3.87. The minimum absolute atomic E-state index is 0.0127. The number of methoxy groups -OCH3 is 2. The number of aromatic nitrogens is 1. The number of carbonyl (C=O) groups excluding carboxylic acids is 2. The maximum atomic E-state index is 12.9. The highest BCUT2D eigenvalue weighted by Crippen LogP contribution is 2.43. The lowest BCUT2D eigenvalue weighted by Gasteiger charge is -2.31. The van der Waals surface area contributed by atoms with Crippen LogP contribution in [0, 0.1) is 0 Å². The molecule has 0 atom stereocenters. The van der Waals surface area contributed by atoms with Gasteiger partial charge in [0.1, 0.15) is 5.01 Å². The molecule has 11 heteroatoms. The Morgan fingerprint density at radius 3 is 2.19 bits per heavy atom. The number of ether oxygens (including phenoxy) is 2. The molecule has 3 N–H and O–H groups in total. The average Bonchev–Trinajstić information content (AvgIpc) is 3.37. The van der Waals surface area contributed by atoms with E-state index < -0.39 is 27.9 Å². The van der Waals surface area contributed by atoms with Crippen LogP contribution in [0.2, 0.25) is 0 Å². The van der Waals surface area contributed by atoms with E-state index in [1.54, 1.807) is 31.4 Å². The number of sulfonamides is 1. The third-order valence-corrected chi connectivity index (χ3v) is 7.82. The number of nitrogens with zero attached hydrogens (tertiary/aromatic N) is 1. The van der Waals surface area contributed by atoms with Crippen LogP contribution in [0.3, 0.4) is 0 Å². The van der Waals surface area contributed by atoms with E-state index in [1.165, 1.54) is 37.7 Å². The normalized spacial score (nSPS) is 14.4. The summed E-state index contributed by atoms with van der Waals surface area (Å²) in [5.41, 5.74) is 4.24. The Kier molecular flexibility index (Phi) is 7.30. The molecule has 0 spiro atoms. The lowest BCUT2D eigenvalue weighted by atomic mass is 9.78. The van der Waals surface area contributed by atoms with Gasteiger partial charge in [-0.1, -0.05) is 36.4 Å². The number of hydrogen-bond donors (Lipinski definition) is 2. The van der Waals surface area contributed by atoms with Crippen molar-refractivity contribution in [2.45, 2.75) is 24.7 Å². The van der Waals surface area contributed by atoms with Crippen molar-refractivity contribution in [3.63, 3.8) is 0 Å². The van der Waals surface area contributed by atoms with Crippen molar-refractivity contribution >= 4 is 33.3 Å². The molecule has 1 aromatic heterocycles. The van der Waals surface area contributed by atoms with E-state index in [9.17, 15) is 18.0 Å². The van der Waals surface area contributed by atoms with Gasteiger partial charge < -0.3 is 14.8 Å². The predicted octanol–water partition coefficient (Wildman–Crippen LogP) is 3.71. The van der Waals surface area contributed by atoms with Crippen molar-refractivity contribution in [2.24, 2.45) is 5.14 Å². The first-order valence-corrected chi connectivity index (χ1v) is 13.5. The van der Waals surface area contributed by atoms with Gasteiger partial charge in [-0.15, -0.1) is 11.3 Å². The van der Waals surface area contributed by atoms with Gasteiger partial charge in [-0.05, 0) is 31.5 Å². The number of thiazole rings is 1. The number of rotatable bonds is 6. The summed E-state index contributed by atoms with van der Waals surface area (Å²) in [5.74, 6) is -1.91. The number of esters is 2. The minimum Gasteiger partial charge on any atom is -0.466 e. The topological polar surface area (TPSA) is 138 Å². The van der Waals surface area contributed by atoms with Gasteiger partial charge in [-0.3, -0.25) is 0 Å². The monoisotopic (exact) mass is 539 g/mol. The Morgan fingerprint density at radius 2 is 1.59 bits per heavy atom. The number of primary sulfonamides is 1. The molecule has 0 amide bonds. The summed E-state index contributed by atoms with van der Waals surface area (Å²) in [5, 5.41) is 10.8. The number of nitrogens with two attached hydrogens (primary N) is 1. The zero-order valence-corrected chi connectivity index (χ0v) is 22.2. The summed E-state index contributed by atoms with van der Waals surface area (Å²) in [7, 11) is -1.29. The Labute approximate surface area is 218 Å². The Balaban J connectivity index is 1.88. The van der Waals surface area contributed by atoms with Crippen LogP contribution < -0.4 is 10.5 Å². The summed E-state index contributed by atoms with van der Waals surface area (Å²) in [6, 6.07) is 13.6. The number of nitrogens with one attached hydrogen (secondary N) is 1. The van der Waals surface area contributed by atoms with E-state index in [2.05, 4.69) is 5.32 Å². The van der Waals surface area contributed by atoms with Crippen molar-refractivity contribution in [3.05, 3.63) is 82.0 Å². The van der Waals surface area contributed by atoms with Crippen LogP contribution >= 0.6 is 11.3 Å². The molecular weight excluding hydrogens is 514 g/mol. The largest absolute Gasteiger partial charge is 0.466 e. The molecule has 0 unspecified atom stereocenters. The number of benzene rings is 2. The fourth-order valence-electron chi connectivity index (χ4n) is 4.37. The quantitative estimate of drug-likeness (QED) is 0.452. The van der Waals surface area contributed by atoms with Gasteiger partial charge in [-0.25, -0.2) is 28.1 Å². The highest BCUT2D eigenvalue weighted by atomic mass is 32.2. The van der Waals surface area contributed by atoms with Gasteiger partial charge in [0, 0.05) is 27.9 Å². The first-order chi connectivity index (χ1) is 17.6. The Morgan fingerprint density at radius 1 is 0.973 bits per heavy atom. The first-order valence-electron chi connectivity index (χ1n) is 11.1. The number of allylic oxidation sites excluding steroid dienone is 2. The maximum absolute atomic E-state index is 12.9. The molecule has 0 fully saturated rings. The van der Waals surface area contributed by atoms with E-state index >= 15 is 0 Å². The SMILES string of the molecule is COC(=O)C1=C(C)NC(C)=C(C(=O)OC)C1c1ccccc1-c1nc(-c2cccc(S(N)(=O)=O)c2)cs1. The molecule has 0 radical (unpaired) electrons. The molecule has 4 rings (SSSR count). The van der Waals surface area contributed by atoms with Crippen LogP contribution in [0.5, 0.6) is 0 Å². The molecular formula is C26H25N3O6S2. The highest BCUT2D eigenvalue weighted by molar-refractivity contribution is 7.89. The van der Waals surface area contributed by atoms with E-state index in [0.29, 0.717) is 49.9 Å². The van der Waals surface area contributed by atoms with Gasteiger partial charge in [0.25, 0.3) is 0 Å². The van der Waals surface area contributed by atoms with Crippen molar-refractivity contribution in [3.8, 4) is 21.8 Å². The molecule has 3 aromatic rings. The zero-order valence-electron chi connectivity index (χ0n) is 20.6. The lowest BCUT2D eigenvalue weighted by Crippen LogP contribution is -2.32. The van der Waals surface area contributed by atoms with Crippen molar-refractivity contribution in [1.82, 2.24) is 10.3 Å². The van der Waals surface area contributed by atoms with Crippen molar-refractivity contribution in [1.29, 1.82) is 0 Å². The third-order valence-electron chi connectivity index (χ3n) is 6.04. The second-order valence-electron chi connectivity index (χ2n) is 8.32. The van der Waals surface area contributed by atoms with Crippen LogP contribution in [0.4, 0.5) is 0 Å². The molecule has 1 aliphatic rings. The van der Waals surface area contributed by atoms with Crippen LogP contribution in [-0.2, 0) is 29.1 Å². The van der Waals surface area contributed by atoms with E-state index in [1.807, 2.05) is 24.3 Å². The predicted molar refractivity (Wildman–Crippen MR) is 140 cm³/mol. The fraction of sp³-hybridized carbons (Fsp3) is 0.192. The number of dihydropyridines is 1. The van der Waals surface area contributed by atoms with E-state index in [4.69, 9.17) is 19.6 Å². The zero-order chi connectivity index (χ0) is 26.9. The molecule has 37 heavy (non-hydrogen) atoms. The molecule has 0 saturated carbocycles. The first kappa shape index (κ1) is 26.3. The molecule has 9 nitrogen and oxygen atoms in total. The average molecular weight is 540 g/mol. The van der Waals surface area contributed by atoms with Gasteiger partial charge in [-0.2, -0.15) is 0 Å². The molecule has 0 saturated heterocycles. The molecule has 2 heterocycles. The fourth-order valence-corrected chi connectivity index (χ4v) is 5.81. The van der Waals surface area contributed by atoms with Crippen molar-refractivity contribution in [2.75, 3.05) is 14.2 Å². The number of hydrogen-bond acceptors (Lipinski definition) is 9. The third kappa shape index (κ3) is 5.06. The van der Waals surface area contributed by atoms with Gasteiger partial charge in [0.05, 0.1) is 41.9 Å². The van der Waals surface area contributed by atoms with E-state index in [0.717, 1.165) is 0 Å². The molecule has 2 aromatic carbocycles. The summed E-state index contributed by atoms with van der Waals surface area (Å²) in [6.45, 7) is 3.50. The Bertz CT molecular complexity index is 1530. The van der Waals surface area contributed by atoms with Gasteiger partial charge in [0.15, 0.2) is 0 Å². The summed E-state index contributed by atoms with van der Waals surface area (Å²) in [4.78, 5) is 30.6.